The van der Waals surface area contributed by atoms with E-state index in [2.05, 4.69) is 20.4 Å². The van der Waals surface area contributed by atoms with Gasteiger partial charge in [-0.25, -0.2) is 24.0 Å². The molecule has 0 aromatic carbocycles. The molecular weight excluding hydrogens is 282 g/mol. The molecule has 1 aromatic heterocycles. The normalized spacial score (nSPS) is 11.4. The maximum atomic E-state index is 12.0. The predicted octanol–water partition coefficient (Wildman–Crippen LogP) is -0.440. The van der Waals surface area contributed by atoms with Crippen LogP contribution in [0.4, 0.5) is 5.82 Å². The van der Waals surface area contributed by atoms with Crippen LogP contribution in [0.5, 0.6) is 0 Å². The number of aromatic nitrogens is 1. The first kappa shape index (κ1) is 16.3. The highest BCUT2D eigenvalue weighted by Crippen LogP contribution is 2.11. The van der Waals surface area contributed by atoms with Gasteiger partial charge in [-0.05, 0) is 19.9 Å². The van der Waals surface area contributed by atoms with E-state index in [1.807, 2.05) is 13.8 Å². The first-order valence-electron chi connectivity index (χ1n) is 6.07. The average molecular weight is 301 g/mol. The minimum absolute atomic E-state index is 0.0224. The van der Waals surface area contributed by atoms with Crippen molar-refractivity contribution in [3.63, 3.8) is 0 Å². The largest absolute Gasteiger partial charge is 0.354 e. The van der Waals surface area contributed by atoms with Crippen molar-refractivity contribution >= 4 is 21.7 Å². The highest BCUT2D eigenvalue weighted by Gasteiger charge is 2.15. The molecule has 0 aliphatic carbocycles. The molecule has 0 spiro atoms. The predicted molar refractivity (Wildman–Crippen MR) is 75.1 cm³/mol. The molecule has 112 valence electrons. The van der Waals surface area contributed by atoms with Gasteiger partial charge in [0.25, 0.3) is 0 Å². The van der Waals surface area contributed by atoms with E-state index in [0.29, 0.717) is 0 Å². The van der Waals surface area contributed by atoms with E-state index >= 15 is 0 Å². The fourth-order valence-corrected chi connectivity index (χ4v) is 2.48. The van der Waals surface area contributed by atoms with Gasteiger partial charge in [-0.3, -0.25) is 4.79 Å². The van der Waals surface area contributed by atoms with Gasteiger partial charge >= 0.3 is 0 Å². The van der Waals surface area contributed by atoms with E-state index in [0.717, 1.165) is 0 Å². The minimum Gasteiger partial charge on any atom is -0.354 e. The summed E-state index contributed by atoms with van der Waals surface area (Å²) in [5.74, 6) is 5.20. The molecule has 0 fully saturated rings. The van der Waals surface area contributed by atoms with Crippen LogP contribution in [0.2, 0.25) is 0 Å². The SMILES string of the molecule is CC(C)NC(=O)CCNS(=O)(=O)c1ccnc(NN)c1. The zero-order valence-corrected chi connectivity index (χ0v) is 12.2. The standard InChI is InChI=1S/C11H19N5O3S/c1-8(2)15-11(17)4-6-14-20(18,19)9-3-5-13-10(7-9)16-12/h3,5,7-8,14H,4,6,12H2,1-2H3,(H,13,16)(H,15,17). The Labute approximate surface area is 118 Å². The summed E-state index contributed by atoms with van der Waals surface area (Å²) in [5, 5.41) is 2.68. The molecule has 1 aromatic rings. The van der Waals surface area contributed by atoms with Crippen molar-refractivity contribution in [2.75, 3.05) is 12.0 Å². The quantitative estimate of drug-likeness (QED) is 0.399. The van der Waals surface area contributed by atoms with Crippen LogP contribution in [0, 0.1) is 0 Å². The van der Waals surface area contributed by atoms with E-state index in [1.165, 1.54) is 18.3 Å². The number of amides is 1. The van der Waals surface area contributed by atoms with Gasteiger partial charge < -0.3 is 10.7 Å². The summed E-state index contributed by atoms with van der Waals surface area (Å²) in [5.41, 5.74) is 2.27. The highest BCUT2D eigenvalue weighted by molar-refractivity contribution is 7.89. The van der Waals surface area contributed by atoms with Gasteiger partial charge in [-0.1, -0.05) is 0 Å². The van der Waals surface area contributed by atoms with Crippen LogP contribution in [0.15, 0.2) is 23.2 Å². The van der Waals surface area contributed by atoms with Crippen LogP contribution in [0.25, 0.3) is 0 Å². The Morgan fingerprint density at radius 2 is 2.15 bits per heavy atom. The fourth-order valence-electron chi connectivity index (χ4n) is 1.43. The van der Waals surface area contributed by atoms with Crippen molar-refractivity contribution in [3.8, 4) is 0 Å². The summed E-state index contributed by atoms with van der Waals surface area (Å²) >= 11 is 0. The summed E-state index contributed by atoms with van der Waals surface area (Å²) in [7, 11) is -3.68. The molecule has 0 bridgehead atoms. The van der Waals surface area contributed by atoms with Crippen molar-refractivity contribution in [2.24, 2.45) is 5.84 Å². The summed E-state index contributed by atoms with van der Waals surface area (Å²) in [6.45, 7) is 3.69. The second-order valence-electron chi connectivity index (χ2n) is 4.39. The Hall–Kier alpha value is -1.71. The molecule has 20 heavy (non-hydrogen) atoms. The number of nitrogens with one attached hydrogen (secondary N) is 3. The van der Waals surface area contributed by atoms with Crippen molar-refractivity contribution in [2.45, 2.75) is 31.2 Å². The number of nitrogens with zero attached hydrogens (tertiary/aromatic N) is 1. The van der Waals surface area contributed by atoms with Gasteiger partial charge in [0.05, 0.1) is 4.90 Å². The van der Waals surface area contributed by atoms with Gasteiger partial charge in [-0.15, -0.1) is 0 Å². The molecule has 0 radical (unpaired) electrons. The number of carbonyl (C=O) groups is 1. The van der Waals surface area contributed by atoms with E-state index < -0.39 is 10.0 Å². The van der Waals surface area contributed by atoms with Crippen LogP contribution < -0.4 is 21.3 Å². The minimum atomic E-state index is -3.68. The fraction of sp³-hybridized carbons (Fsp3) is 0.455. The molecule has 5 N–H and O–H groups in total. The number of hydrazine groups is 1. The Morgan fingerprint density at radius 1 is 1.45 bits per heavy atom. The van der Waals surface area contributed by atoms with Gasteiger partial charge in [0, 0.05) is 31.3 Å². The lowest BCUT2D eigenvalue weighted by atomic mass is 10.3. The molecule has 0 unspecified atom stereocenters. The molecule has 1 heterocycles. The lowest BCUT2D eigenvalue weighted by molar-refractivity contribution is -0.121. The van der Waals surface area contributed by atoms with Gasteiger partial charge in [0.2, 0.25) is 15.9 Å². The Morgan fingerprint density at radius 3 is 2.75 bits per heavy atom. The van der Waals surface area contributed by atoms with E-state index in [-0.39, 0.29) is 35.6 Å². The first-order valence-corrected chi connectivity index (χ1v) is 7.55. The molecule has 1 amide bonds. The second kappa shape index (κ2) is 7.17. The van der Waals surface area contributed by atoms with Crippen molar-refractivity contribution in [1.29, 1.82) is 0 Å². The Kier molecular flexibility index (Phi) is 5.86. The smallest absolute Gasteiger partial charge is 0.240 e. The topological polar surface area (TPSA) is 126 Å². The monoisotopic (exact) mass is 301 g/mol. The number of hydrogen-bond donors (Lipinski definition) is 4. The molecule has 0 saturated carbocycles. The molecule has 0 saturated heterocycles. The number of anilines is 1. The summed E-state index contributed by atoms with van der Waals surface area (Å²) in [4.78, 5) is 15.2. The molecule has 1 rings (SSSR count). The number of sulfonamides is 1. The number of nitrogens with two attached hydrogens (primary N) is 1. The number of carbonyl (C=O) groups excluding carboxylic acids is 1. The third-order valence-corrected chi connectivity index (χ3v) is 3.74. The maximum absolute atomic E-state index is 12.0. The molecule has 0 aliphatic rings. The zero-order valence-electron chi connectivity index (χ0n) is 11.4. The van der Waals surface area contributed by atoms with Gasteiger partial charge in [0.1, 0.15) is 5.82 Å². The lowest BCUT2D eigenvalue weighted by Gasteiger charge is -2.09. The third kappa shape index (κ3) is 5.11. The van der Waals surface area contributed by atoms with E-state index in [1.54, 1.807) is 0 Å². The Bertz CT molecular complexity index is 559. The van der Waals surface area contributed by atoms with Crippen molar-refractivity contribution in [1.82, 2.24) is 15.0 Å². The molecule has 0 aliphatic heterocycles. The van der Waals surface area contributed by atoms with E-state index in [9.17, 15) is 13.2 Å². The average Bonchev–Trinajstić information content (AvgIpc) is 2.37. The third-order valence-electron chi connectivity index (χ3n) is 2.28. The number of rotatable bonds is 7. The maximum Gasteiger partial charge on any atom is 0.240 e. The number of nitrogen functional groups attached to an aromatic ring is 1. The molecular formula is C11H19N5O3S. The van der Waals surface area contributed by atoms with Crippen LogP contribution in [-0.4, -0.2) is 31.9 Å². The number of pyridine rings is 1. The molecule has 9 heteroatoms. The lowest BCUT2D eigenvalue weighted by Crippen LogP contribution is -2.34. The molecule has 0 atom stereocenters. The van der Waals surface area contributed by atoms with Gasteiger partial charge in [-0.2, -0.15) is 0 Å². The first-order chi connectivity index (χ1) is 9.35. The highest BCUT2D eigenvalue weighted by atomic mass is 32.2. The number of hydrogen-bond acceptors (Lipinski definition) is 6. The Balaban J connectivity index is 2.59. The summed E-state index contributed by atoms with van der Waals surface area (Å²) in [6.07, 6.45) is 1.40. The van der Waals surface area contributed by atoms with Gasteiger partial charge in [0.15, 0.2) is 0 Å². The summed E-state index contributed by atoms with van der Waals surface area (Å²) < 4.78 is 26.3. The molecule has 8 nitrogen and oxygen atoms in total. The van der Waals surface area contributed by atoms with Crippen LogP contribution in [0.1, 0.15) is 20.3 Å². The van der Waals surface area contributed by atoms with Crippen molar-refractivity contribution in [3.05, 3.63) is 18.3 Å². The second-order valence-corrected chi connectivity index (χ2v) is 6.16. The summed E-state index contributed by atoms with van der Waals surface area (Å²) in [6, 6.07) is 2.67. The van der Waals surface area contributed by atoms with E-state index in [4.69, 9.17) is 5.84 Å². The van der Waals surface area contributed by atoms with Crippen LogP contribution in [-0.2, 0) is 14.8 Å². The van der Waals surface area contributed by atoms with Crippen LogP contribution in [0.3, 0.4) is 0 Å². The zero-order chi connectivity index (χ0) is 15.2. The van der Waals surface area contributed by atoms with Crippen molar-refractivity contribution < 1.29 is 13.2 Å². The van der Waals surface area contributed by atoms with Crippen LogP contribution >= 0.6 is 0 Å².